The quantitative estimate of drug-likeness (QED) is 0.691. The Bertz CT molecular complexity index is 1050. The third kappa shape index (κ3) is 5.06. The zero-order chi connectivity index (χ0) is 22.7. The first kappa shape index (κ1) is 22.2. The van der Waals surface area contributed by atoms with Crippen LogP contribution in [0.15, 0.2) is 72.6 Å². The molecule has 5 heteroatoms. The van der Waals surface area contributed by atoms with Gasteiger partial charge in [-0.05, 0) is 53.5 Å². The molecule has 0 unspecified atom stereocenters. The average Bonchev–Trinajstić information content (AvgIpc) is 2.78. The number of piperazine rings is 1. The molecule has 2 aliphatic rings. The van der Waals surface area contributed by atoms with E-state index in [9.17, 15) is 0 Å². The first-order chi connectivity index (χ1) is 15.4. The third-order valence-corrected chi connectivity index (χ3v) is 6.42. The third-order valence-electron chi connectivity index (χ3n) is 6.42. The first-order valence-corrected chi connectivity index (χ1v) is 11.2. The summed E-state index contributed by atoms with van der Waals surface area (Å²) < 4.78 is 5.78. The number of methoxy groups -OCH3 is 1. The lowest BCUT2D eigenvalue weighted by molar-refractivity contribution is 0.121. The molecule has 2 heterocycles. The normalized spacial score (nSPS) is 17.8. The van der Waals surface area contributed by atoms with Gasteiger partial charge in [0.1, 0.15) is 5.75 Å². The molecule has 0 amide bonds. The lowest BCUT2D eigenvalue weighted by Crippen LogP contribution is -2.45. The van der Waals surface area contributed by atoms with Gasteiger partial charge in [0, 0.05) is 69.5 Å². The number of likely N-dealkylation sites (N-methyl/N-ethyl adjacent to an activating group) is 1. The zero-order valence-corrected chi connectivity index (χ0v) is 19.5. The molecule has 0 atom stereocenters. The summed E-state index contributed by atoms with van der Waals surface area (Å²) in [6, 6.07) is 14.8. The minimum Gasteiger partial charge on any atom is -0.496 e. The summed E-state index contributed by atoms with van der Waals surface area (Å²) in [5.41, 5.74) is 13.8. The maximum atomic E-state index is 5.93. The molecule has 1 fully saturated rings. The van der Waals surface area contributed by atoms with Crippen molar-refractivity contribution >= 4 is 11.3 Å². The average molecular weight is 431 g/mol. The van der Waals surface area contributed by atoms with Crippen LogP contribution in [-0.4, -0.2) is 55.0 Å². The highest BCUT2D eigenvalue weighted by Gasteiger charge is 2.19. The minimum atomic E-state index is 0.836. The van der Waals surface area contributed by atoms with Gasteiger partial charge in [0.05, 0.1) is 7.11 Å². The summed E-state index contributed by atoms with van der Waals surface area (Å²) in [5.74, 6) is 0.948. The summed E-state index contributed by atoms with van der Waals surface area (Å²) in [6.07, 6.45) is 4.32. The Hall–Kier alpha value is -3.02. The summed E-state index contributed by atoms with van der Waals surface area (Å²) >= 11 is 0. The molecule has 32 heavy (non-hydrogen) atoms. The van der Waals surface area contributed by atoms with Gasteiger partial charge in [-0.25, -0.2) is 0 Å². The Kier molecular flexibility index (Phi) is 6.68. The van der Waals surface area contributed by atoms with E-state index in [1.807, 2.05) is 19.2 Å². The van der Waals surface area contributed by atoms with Crippen LogP contribution < -0.4 is 10.5 Å². The van der Waals surface area contributed by atoms with Gasteiger partial charge >= 0.3 is 0 Å². The fraction of sp³-hybridized carbons (Fsp3) is 0.333. The number of hydrogen-bond acceptors (Lipinski definition) is 5. The number of nitrogens with two attached hydrogens (primary N) is 1. The van der Waals surface area contributed by atoms with E-state index in [4.69, 9.17) is 10.5 Å². The van der Waals surface area contributed by atoms with Gasteiger partial charge in [0.25, 0.3) is 0 Å². The van der Waals surface area contributed by atoms with E-state index in [1.165, 1.54) is 22.3 Å². The SMILES string of the molecule is C=C1C(C)=CC(c2ccc(CN3CCN(Cc4cccc(N)c4)CC3)c(OC)c2)=CN1C. The Balaban J connectivity index is 1.39. The molecule has 1 saturated heterocycles. The molecule has 2 N–H and O–H groups in total. The Morgan fingerprint density at radius 2 is 1.72 bits per heavy atom. The number of benzene rings is 2. The number of ether oxygens (including phenoxy) is 1. The van der Waals surface area contributed by atoms with Gasteiger partial charge in [0.15, 0.2) is 0 Å². The van der Waals surface area contributed by atoms with Crippen LogP contribution in [0.1, 0.15) is 23.6 Å². The van der Waals surface area contributed by atoms with Gasteiger partial charge in [0.2, 0.25) is 0 Å². The van der Waals surface area contributed by atoms with Crippen molar-refractivity contribution in [2.75, 3.05) is 46.1 Å². The standard InChI is InChI=1S/C27H34N4O/c1-20-14-25(18-29(3)21(20)2)23-8-9-24(27(16-23)32-4)19-31-12-10-30(11-13-31)17-22-6-5-7-26(28)15-22/h5-9,14-16,18H,2,10-13,17,19,28H2,1,3-4H3. The maximum Gasteiger partial charge on any atom is 0.123 e. The highest BCUT2D eigenvalue weighted by molar-refractivity contribution is 5.78. The lowest BCUT2D eigenvalue weighted by atomic mass is 9.98. The maximum absolute atomic E-state index is 5.93. The Morgan fingerprint density at radius 3 is 2.38 bits per heavy atom. The number of hydrogen-bond donors (Lipinski definition) is 1. The molecular formula is C27H34N4O. The molecule has 168 valence electrons. The number of rotatable bonds is 6. The summed E-state index contributed by atoms with van der Waals surface area (Å²) in [4.78, 5) is 7.09. The smallest absolute Gasteiger partial charge is 0.123 e. The molecule has 0 bridgehead atoms. The molecular weight excluding hydrogens is 396 g/mol. The molecule has 0 saturated carbocycles. The topological polar surface area (TPSA) is 45.0 Å². The molecule has 2 aliphatic heterocycles. The second kappa shape index (κ2) is 9.63. The molecule has 0 aromatic heterocycles. The molecule has 0 radical (unpaired) electrons. The van der Waals surface area contributed by atoms with Crippen molar-refractivity contribution in [1.29, 1.82) is 0 Å². The van der Waals surface area contributed by atoms with Gasteiger partial charge < -0.3 is 15.4 Å². The van der Waals surface area contributed by atoms with Crippen molar-refractivity contribution in [2.24, 2.45) is 0 Å². The lowest BCUT2D eigenvalue weighted by Gasteiger charge is -2.35. The summed E-state index contributed by atoms with van der Waals surface area (Å²) in [7, 11) is 3.80. The van der Waals surface area contributed by atoms with E-state index in [2.05, 4.69) is 70.8 Å². The molecule has 2 aromatic rings. The zero-order valence-electron chi connectivity index (χ0n) is 19.5. The van der Waals surface area contributed by atoms with Crippen molar-refractivity contribution in [2.45, 2.75) is 20.0 Å². The highest BCUT2D eigenvalue weighted by Crippen LogP contribution is 2.31. The number of nitrogen functional groups attached to an aromatic ring is 1. The highest BCUT2D eigenvalue weighted by atomic mass is 16.5. The van der Waals surface area contributed by atoms with E-state index >= 15 is 0 Å². The second-order valence-electron chi connectivity index (χ2n) is 8.79. The molecule has 2 aromatic carbocycles. The van der Waals surface area contributed by atoms with Gasteiger partial charge in [-0.1, -0.05) is 30.8 Å². The van der Waals surface area contributed by atoms with E-state index in [-0.39, 0.29) is 0 Å². The molecule has 5 nitrogen and oxygen atoms in total. The fourth-order valence-electron chi connectivity index (χ4n) is 4.43. The number of allylic oxidation sites excluding steroid dienone is 3. The predicted molar refractivity (Wildman–Crippen MR) is 133 cm³/mol. The predicted octanol–water partition coefficient (Wildman–Crippen LogP) is 4.34. The monoisotopic (exact) mass is 430 g/mol. The molecule has 0 aliphatic carbocycles. The van der Waals surface area contributed by atoms with E-state index in [1.54, 1.807) is 7.11 Å². The van der Waals surface area contributed by atoms with Crippen molar-refractivity contribution in [1.82, 2.24) is 14.7 Å². The van der Waals surface area contributed by atoms with Crippen LogP contribution >= 0.6 is 0 Å². The van der Waals surface area contributed by atoms with Gasteiger partial charge in [-0.15, -0.1) is 0 Å². The summed E-state index contributed by atoms with van der Waals surface area (Å²) in [6.45, 7) is 12.3. The van der Waals surface area contributed by atoms with Crippen molar-refractivity contribution in [3.8, 4) is 5.75 Å². The number of nitrogens with zero attached hydrogens (tertiary/aromatic N) is 3. The Morgan fingerprint density at radius 1 is 1.00 bits per heavy atom. The Labute approximate surface area is 192 Å². The number of anilines is 1. The van der Waals surface area contributed by atoms with E-state index in [0.717, 1.165) is 62.0 Å². The van der Waals surface area contributed by atoms with Gasteiger partial charge in [-0.3, -0.25) is 9.80 Å². The largest absolute Gasteiger partial charge is 0.496 e. The van der Waals surface area contributed by atoms with Crippen LogP contribution in [0.25, 0.3) is 5.57 Å². The molecule has 4 rings (SSSR count). The van der Waals surface area contributed by atoms with Crippen molar-refractivity contribution in [3.63, 3.8) is 0 Å². The summed E-state index contributed by atoms with van der Waals surface area (Å²) in [5, 5.41) is 0. The van der Waals surface area contributed by atoms with Crippen LogP contribution in [0.2, 0.25) is 0 Å². The van der Waals surface area contributed by atoms with Crippen LogP contribution in [0.3, 0.4) is 0 Å². The van der Waals surface area contributed by atoms with Crippen molar-refractivity contribution < 1.29 is 4.74 Å². The van der Waals surface area contributed by atoms with Crippen LogP contribution in [0.5, 0.6) is 5.75 Å². The second-order valence-corrected chi connectivity index (χ2v) is 8.79. The van der Waals surface area contributed by atoms with Crippen LogP contribution in [-0.2, 0) is 13.1 Å². The van der Waals surface area contributed by atoms with Gasteiger partial charge in [-0.2, -0.15) is 0 Å². The molecule has 0 spiro atoms. The minimum absolute atomic E-state index is 0.836. The van der Waals surface area contributed by atoms with Crippen molar-refractivity contribution in [3.05, 3.63) is 89.3 Å². The first-order valence-electron chi connectivity index (χ1n) is 11.2. The fourth-order valence-corrected chi connectivity index (χ4v) is 4.43. The van der Waals surface area contributed by atoms with E-state index < -0.39 is 0 Å². The van der Waals surface area contributed by atoms with Crippen LogP contribution in [0.4, 0.5) is 5.69 Å². The van der Waals surface area contributed by atoms with E-state index in [0.29, 0.717) is 0 Å². The van der Waals surface area contributed by atoms with Crippen LogP contribution in [0, 0.1) is 0 Å².